The first-order chi connectivity index (χ1) is 12.3. The van der Waals surface area contributed by atoms with Crippen molar-refractivity contribution in [3.8, 4) is 5.75 Å². The Kier molecular flexibility index (Phi) is 5.42. The largest absolute Gasteiger partial charge is 0.493 e. The Morgan fingerprint density at radius 1 is 1.04 bits per heavy atom. The second-order valence-electron chi connectivity index (χ2n) is 5.59. The van der Waals surface area contributed by atoms with E-state index in [0.29, 0.717) is 13.0 Å². The molecule has 0 aromatic heterocycles. The van der Waals surface area contributed by atoms with Crippen LogP contribution in [0.2, 0.25) is 0 Å². The van der Waals surface area contributed by atoms with E-state index in [1.54, 1.807) is 6.21 Å². The predicted octanol–water partition coefficient (Wildman–Crippen LogP) is 3.93. The fraction of sp³-hybridized carbons (Fsp3) is 0.143. The molecule has 0 saturated heterocycles. The van der Waals surface area contributed by atoms with Gasteiger partial charge in [-0.1, -0.05) is 60.7 Å². The van der Waals surface area contributed by atoms with E-state index >= 15 is 0 Å². The number of hydrogen-bond donors (Lipinski definition) is 1. The molecule has 0 radical (unpaired) electrons. The Morgan fingerprint density at radius 3 is 2.60 bits per heavy atom. The Labute approximate surface area is 147 Å². The maximum atomic E-state index is 12.0. The summed E-state index contributed by atoms with van der Waals surface area (Å²) in [6, 6.07) is 21.6. The van der Waals surface area contributed by atoms with Crippen molar-refractivity contribution in [2.24, 2.45) is 5.10 Å². The van der Waals surface area contributed by atoms with Gasteiger partial charge < -0.3 is 4.74 Å². The number of nitrogens with zero attached hydrogens (tertiary/aromatic N) is 1. The Bertz CT molecular complexity index is 889. The fourth-order valence-electron chi connectivity index (χ4n) is 2.68. The highest BCUT2D eigenvalue weighted by molar-refractivity contribution is 6.02. The molecule has 0 aliphatic carbocycles. The lowest BCUT2D eigenvalue weighted by Crippen LogP contribution is -2.19. The first-order valence-electron chi connectivity index (χ1n) is 8.28. The minimum Gasteiger partial charge on any atom is -0.493 e. The van der Waals surface area contributed by atoms with Crippen LogP contribution in [0, 0.1) is 0 Å². The summed E-state index contributed by atoms with van der Waals surface area (Å²) in [6.07, 6.45) is 1.95. The van der Waals surface area contributed by atoms with Crippen LogP contribution in [0.15, 0.2) is 71.8 Å². The SMILES string of the molecule is CCOc1ccc2ccccc2c1/C=N\NC(=O)Cc1ccccc1. The van der Waals surface area contributed by atoms with Crippen molar-refractivity contribution in [3.63, 3.8) is 0 Å². The zero-order valence-electron chi connectivity index (χ0n) is 14.1. The summed E-state index contributed by atoms with van der Waals surface area (Å²) in [4.78, 5) is 12.0. The van der Waals surface area contributed by atoms with Crippen LogP contribution in [-0.4, -0.2) is 18.7 Å². The van der Waals surface area contributed by atoms with Crippen molar-refractivity contribution < 1.29 is 9.53 Å². The van der Waals surface area contributed by atoms with Gasteiger partial charge in [-0.3, -0.25) is 4.79 Å². The summed E-state index contributed by atoms with van der Waals surface area (Å²) in [5, 5.41) is 6.26. The lowest BCUT2D eigenvalue weighted by molar-refractivity contribution is -0.120. The topological polar surface area (TPSA) is 50.7 Å². The van der Waals surface area contributed by atoms with E-state index in [1.165, 1.54) is 0 Å². The molecule has 3 aromatic carbocycles. The molecule has 126 valence electrons. The first-order valence-corrected chi connectivity index (χ1v) is 8.28. The summed E-state index contributed by atoms with van der Waals surface area (Å²) in [5.41, 5.74) is 4.40. The van der Waals surface area contributed by atoms with Crippen molar-refractivity contribution in [2.45, 2.75) is 13.3 Å². The molecule has 0 saturated carbocycles. The van der Waals surface area contributed by atoms with Gasteiger partial charge in [0.1, 0.15) is 5.75 Å². The van der Waals surface area contributed by atoms with Crippen LogP contribution in [0.4, 0.5) is 0 Å². The van der Waals surface area contributed by atoms with Gasteiger partial charge in [0.25, 0.3) is 0 Å². The Balaban J connectivity index is 1.78. The molecule has 0 fully saturated rings. The highest BCUT2D eigenvalue weighted by atomic mass is 16.5. The molecule has 0 bridgehead atoms. The molecule has 25 heavy (non-hydrogen) atoms. The number of carbonyl (C=O) groups is 1. The number of benzene rings is 3. The van der Waals surface area contributed by atoms with Crippen LogP contribution in [0.5, 0.6) is 5.75 Å². The van der Waals surface area contributed by atoms with Crippen molar-refractivity contribution >= 4 is 22.9 Å². The number of ether oxygens (including phenoxy) is 1. The maximum Gasteiger partial charge on any atom is 0.244 e. The molecule has 1 N–H and O–H groups in total. The fourth-order valence-corrected chi connectivity index (χ4v) is 2.68. The molecule has 0 atom stereocenters. The van der Waals surface area contributed by atoms with Gasteiger partial charge >= 0.3 is 0 Å². The quantitative estimate of drug-likeness (QED) is 0.549. The van der Waals surface area contributed by atoms with Crippen LogP contribution in [0.3, 0.4) is 0 Å². The van der Waals surface area contributed by atoms with Crippen LogP contribution in [-0.2, 0) is 11.2 Å². The van der Waals surface area contributed by atoms with E-state index < -0.39 is 0 Å². The van der Waals surface area contributed by atoms with E-state index in [4.69, 9.17) is 4.74 Å². The van der Waals surface area contributed by atoms with Gasteiger partial charge in [0, 0.05) is 5.56 Å². The van der Waals surface area contributed by atoms with Gasteiger partial charge in [-0.05, 0) is 29.3 Å². The highest BCUT2D eigenvalue weighted by Crippen LogP contribution is 2.26. The van der Waals surface area contributed by atoms with E-state index in [9.17, 15) is 4.79 Å². The van der Waals surface area contributed by atoms with Crippen LogP contribution < -0.4 is 10.2 Å². The van der Waals surface area contributed by atoms with Crippen molar-refractivity contribution in [2.75, 3.05) is 6.61 Å². The van der Waals surface area contributed by atoms with Crippen molar-refractivity contribution in [3.05, 3.63) is 77.9 Å². The van der Waals surface area contributed by atoms with E-state index in [0.717, 1.165) is 27.6 Å². The predicted molar refractivity (Wildman–Crippen MR) is 101 cm³/mol. The van der Waals surface area contributed by atoms with Gasteiger partial charge in [0.2, 0.25) is 5.91 Å². The highest BCUT2D eigenvalue weighted by Gasteiger charge is 2.07. The molecule has 3 rings (SSSR count). The lowest BCUT2D eigenvalue weighted by Gasteiger charge is -2.10. The number of hydrazone groups is 1. The third-order valence-electron chi connectivity index (χ3n) is 3.82. The second kappa shape index (κ2) is 8.11. The van der Waals surface area contributed by atoms with Gasteiger partial charge in [-0.25, -0.2) is 5.43 Å². The number of amides is 1. The van der Waals surface area contributed by atoms with Gasteiger partial charge in [0.15, 0.2) is 0 Å². The number of rotatable bonds is 6. The minimum absolute atomic E-state index is 0.152. The summed E-state index contributed by atoms with van der Waals surface area (Å²) in [5.74, 6) is 0.600. The van der Waals surface area contributed by atoms with Gasteiger partial charge in [-0.15, -0.1) is 0 Å². The third kappa shape index (κ3) is 4.23. The number of carbonyl (C=O) groups excluding carboxylic acids is 1. The first kappa shape index (κ1) is 16.7. The summed E-state index contributed by atoms with van der Waals surface area (Å²) in [6.45, 7) is 2.51. The molecular formula is C21H20N2O2. The van der Waals surface area contributed by atoms with Crippen molar-refractivity contribution in [1.29, 1.82) is 0 Å². The summed E-state index contributed by atoms with van der Waals surface area (Å²) in [7, 11) is 0. The molecule has 0 unspecified atom stereocenters. The average molecular weight is 332 g/mol. The normalized spacial score (nSPS) is 10.9. The van der Waals surface area contributed by atoms with E-state index in [-0.39, 0.29) is 5.91 Å². The lowest BCUT2D eigenvalue weighted by atomic mass is 10.0. The third-order valence-corrected chi connectivity index (χ3v) is 3.82. The number of nitrogens with one attached hydrogen (secondary N) is 1. The van der Waals surface area contributed by atoms with Crippen molar-refractivity contribution in [1.82, 2.24) is 5.43 Å². The Morgan fingerprint density at radius 2 is 1.80 bits per heavy atom. The second-order valence-corrected chi connectivity index (χ2v) is 5.59. The standard InChI is InChI=1S/C21H20N2O2/c1-2-25-20-13-12-17-10-6-7-11-18(17)19(20)15-22-23-21(24)14-16-8-4-3-5-9-16/h3-13,15H,2,14H2,1H3,(H,23,24)/b22-15-. The molecular weight excluding hydrogens is 312 g/mol. The smallest absolute Gasteiger partial charge is 0.244 e. The van der Waals surface area contributed by atoms with Crippen LogP contribution >= 0.6 is 0 Å². The Hall–Kier alpha value is -3.14. The van der Waals surface area contributed by atoms with Gasteiger partial charge in [0.05, 0.1) is 19.2 Å². The molecule has 0 heterocycles. The monoisotopic (exact) mass is 332 g/mol. The average Bonchev–Trinajstić information content (AvgIpc) is 2.64. The summed E-state index contributed by atoms with van der Waals surface area (Å²) < 4.78 is 5.69. The molecule has 3 aromatic rings. The minimum atomic E-state index is -0.152. The maximum absolute atomic E-state index is 12.0. The molecule has 0 aliphatic rings. The molecule has 0 aliphatic heterocycles. The van der Waals surface area contributed by atoms with E-state index in [1.807, 2.05) is 73.7 Å². The number of fused-ring (bicyclic) bond motifs is 1. The zero-order valence-corrected chi connectivity index (χ0v) is 14.1. The van der Waals surface area contributed by atoms with E-state index in [2.05, 4.69) is 10.5 Å². The van der Waals surface area contributed by atoms with Crippen LogP contribution in [0.1, 0.15) is 18.1 Å². The number of hydrogen-bond acceptors (Lipinski definition) is 3. The molecule has 4 heteroatoms. The molecule has 0 spiro atoms. The molecule has 1 amide bonds. The van der Waals surface area contributed by atoms with Crippen LogP contribution in [0.25, 0.3) is 10.8 Å². The van der Waals surface area contributed by atoms with Gasteiger partial charge in [-0.2, -0.15) is 5.10 Å². The molecule has 4 nitrogen and oxygen atoms in total. The zero-order chi connectivity index (χ0) is 17.5. The summed E-state index contributed by atoms with van der Waals surface area (Å²) >= 11 is 0.